The first-order valence-electron chi connectivity index (χ1n) is 21.5. The van der Waals surface area contributed by atoms with E-state index >= 15 is 0 Å². The molecule has 0 amide bonds. The Kier molecular flexibility index (Phi) is 7.87. The molecule has 0 saturated carbocycles. The summed E-state index contributed by atoms with van der Waals surface area (Å²) in [6, 6.07) is 83.2. The van der Waals surface area contributed by atoms with Crippen molar-refractivity contribution in [3.05, 3.63) is 231 Å². The molecule has 0 aliphatic heterocycles. The molecule has 0 atom stereocenters. The summed E-state index contributed by atoms with van der Waals surface area (Å²) < 4.78 is 7.26. The molecular weight excluding hydrogens is 765 g/mol. The second-order valence-corrected chi connectivity index (χ2v) is 16.4. The zero-order valence-electron chi connectivity index (χ0n) is 34.2. The van der Waals surface area contributed by atoms with Gasteiger partial charge in [0.1, 0.15) is 0 Å². The van der Waals surface area contributed by atoms with Gasteiger partial charge in [-0.3, -0.25) is 0 Å². The molecule has 0 saturated heterocycles. The summed E-state index contributed by atoms with van der Waals surface area (Å²) in [5.74, 6) is 0. The molecule has 4 heteroatoms. The van der Waals surface area contributed by atoms with Gasteiger partial charge in [0, 0.05) is 60.5 Å². The third-order valence-electron chi connectivity index (χ3n) is 12.8. The van der Waals surface area contributed by atoms with Gasteiger partial charge < -0.3 is 13.7 Å². The largest absolute Gasteiger partial charge is 0.309 e. The second-order valence-electron chi connectivity index (χ2n) is 16.4. The fraction of sp³-hybridized carbons (Fsp3) is 0. The molecule has 4 heterocycles. The van der Waals surface area contributed by atoms with Crippen molar-refractivity contribution in [2.24, 2.45) is 0 Å². The minimum Gasteiger partial charge on any atom is -0.309 e. The fourth-order valence-electron chi connectivity index (χ4n) is 9.96. The molecule has 63 heavy (non-hydrogen) atoms. The second kappa shape index (κ2) is 14.1. The van der Waals surface area contributed by atoms with E-state index in [1.807, 2.05) is 0 Å². The van der Waals surface area contributed by atoms with Crippen LogP contribution in [0.1, 0.15) is 0 Å². The molecule has 0 bridgehead atoms. The van der Waals surface area contributed by atoms with Crippen molar-refractivity contribution in [3.8, 4) is 50.7 Å². The van der Waals surface area contributed by atoms with Crippen molar-refractivity contribution in [2.75, 3.05) is 0 Å². The Bertz CT molecular complexity index is 3820. The van der Waals surface area contributed by atoms with Gasteiger partial charge in [-0.15, -0.1) is 0 Å². The lowest BCUT2D eigenvalue weighted by atomic mass is 10.00. The van der Waals surface area contributed by atoms with E-state index in [1.165, 1.54) is 71.0 Å². The maximum atomic E-state index is 5.22. The molecule has 0 fully saturated rings. The van der Waals surface area contributed by atoms with E-state index < -0.39 is 0 Å². The molecule has 0 radical (unpaired) electrons. The summed E-state index contributed by atoms with van der Waals surface area (Å²) in [4.78, 5) is 5.22. The monoisotopic (exact) mass is 802 g/mol. The van der Waals surface area contributed by atoms with Gasteiger partial charge >= 0.3 is 0 Å². The van der Waals surface area contributed by atoms with E-state index in [2.05, 4.69) is 244 Å². The molecule has 4 nitrogen and oxygen atoms in total. The summed E-state index contributed by atoms with van der Waals surface area (Å²) >= 11 is 0. The van der Waals surface area contributed by atoms with Crippen molar-refractivity contribution in [1.82, 2.24) is 18.7 Å². The lowest BCUT2D eigenvalue weighted by Gasteiger charge is -2.12. The summed E-state index contributed by atoms with van der Waals surface area (Å²) in [5.41, 5.74) is 16.9. The fourth-order valence-corrected chi connectivity index (χ4v) is 9.96. The molecule has 0 N–H and O–H groups in total. The lowest BCUT2D eigenvalue weighted by molar-refractivity contribution is 1.16. The van der Waals surface area contributed by atoms with Crippen LogP contribution in [0.25, 0.3) is 116 Å². The van der Waals surface area contributed by atoms with E-state index in [1.54, 1.807) is 0 Å². The van der Waals surface area contributed by atoms with Crippen molar-refractivity contribution in [3.63, 3.8) is 0 Å². The minimum atomic E-state index is 0.946. The van der Waals surface area contributed by atoms with Gasteiger partial charge in [0.15, 0.2) is 0 Å². The third kappa shape index (κ3) is 5.59. The van der Waals surface area contributed by atoms with Crippen molar-refractivity contribution in [1.29, 1.82) is 0 Å². The number of nitrogens with zero attached hydrogens (tertiary/aromatic N) is 4. The molecule has 0 aliphatic carbocycles. The number of pyridine rings is 1. The normalized spacial score (nSPS) is 11.8. The smallest absolute Gasteiger partial charge is 0.0715 e. The highest BCUT2D eigenvalue weighted by molar-refractivity contribution is 6.19. The summed E-state index contributed by atoms with van der Waals surface area (Å²) in [7, 11) is 0. The predicted octanol–water partition coefficient (Wildman–Crippen LogP) is 15.4. The van der Waals surface area contributed by atoms with E-state index in [0.29, 0.717) is 0 Å². The standard InChI is InChI=1S/C59H38N4/c1-4-16-39(17-5-1)42-34-52(40-18-6-2-7-19-40)60-53(35-42)41-28-30-44(31-29-41)62-55-26-14-11-23-47(55)50-38-59-51(37-58(50)62)48-24-12-15-27-56(48)63(59)45-32-33-57-49(36-45)46-22-10-13-25-54(46)61(57)43-20-8-3-9-21-43/h1-38H. The molecular formula is C59H38N4. The Labute approximate surface area is 363 Å². The van der Waals surface area contributed by atoms with Gasteiger partial charge in [-0.25, -0.2) is 4.98 Å². The predicted molar refractivity (Wildman–Crippen MR) is 264 cm³/mol. The van der Waals surface area contributed by atoms with Gasteiger partial charge in [-0.1, -0.05) is 146 Å². The Morgan fingerprint density at radius 3 is 1.16 bits per heavy atom. The molecule has 0 unspecified atom stereocenters. The topological polar surface area (TPSA) is 27.7 Å². The number of hydrogen-bond acceptors (Lipinski definition) is 1. The molecule has 0 aliphatic rings. The van der Waals surface area contributed by atoms with Crippen LogP contribution in [0.4, 0.5) is 0 Å². The summed E-state index contributed by atoms with van der Waals surface area (Å²) in [6.45, 7) is 0. The van der Waals surface area contributed by atoms with Crippen LogP contribution in [0.3, 0.4) is 0 Å². The quantitative estimate of drug-likeness (QED) is 0.165. The molecule has 294 valence electrons. The van der Waals surface area contributed by atoms with E-state index in [0.717, 1.165) is 45.1 Å². The van der Waals surface area contributed by atoms with Crippen LogP contribution in [-0.4, -0.2) is 18.7 Å². The summed E-state index contributed by atoms with van der Waals surface area (Å²) in [6.07, 6.45) is 0. The maximum Gasteiger partial charge on any atom is 0.0715 e. The SMILES string of the molecule is c1ccc(-c2cc(-c3ccccc3)nc(-c3ccc(-n4c5ccccc5c5cc6c(cc54)c4ccccc4n6-c4ccc5c(c4)c4ccccc4n5-c4ccccc4)cc3)c2)cc1. The van der Waals surface area contributed by atoms with Crippen LogP contribution < -0.4 is 0 Å². The zero-order chi connectivity index (χ0) is 41.4. The molecule has 9 aromatic carbocycles. The van der Waals surface area contributed by atoms with Gasteiger partial charge in [-0.2, -0.15) is 0 Å². The first-order valence-corrected chi connectivity index (χ1v) is 21.5. The van der Waals surface area contributed by atoms with E-state index in [4.69, 9.17) is 4.98 Å². The molecule has 0 spiro atoms. The lowest BCUT2D eigenvalue weighted by Crippen LogP contribution is -1.96. The number of hydrogen-bond donors (Lipinski definition) is 0. The van der Waals surface area contributed by atoms with Crippen LogP contribution in [0, 0.1) is 0 Å². The highest BCUT2D eigenvalue weighted by Crippen LogP contribution is 2.41. The van der Waals surface area contributed by atoms with E-state index in [-0.39, 0.29) is 0 Å². The van der Waals surface area contributed by atoms with Crippen molar-refractivity contribution < 1.29 is 0 Å². The highest BCUT2D eigenvalue weighted by Gasteiger charge is 2.20. The Balaban J connectivity index is 0.983. The van der Waals surface area contributed by atoms with Gasteiger partial charge in [0.25, 0.3) is 0 Å². The van der Waals surface area contributed by atoms with Crippen LogP contribution in [0.2, 0.25) is 0 Å². The Hall–Kier alpha value is -8.47. The molecule has 13 aromatic rings. The Morgan fingerprint density at radius 2 is 0.603 bits per heavy atom. The van der Waals surface area contributed by atoms with E-state index in [9.17, 15) is 0 Å². The van der Waals surface area contributed by atoms with Crippen LogP contribution in [-0.2, 0) is 0 Å². The van der Waals surface area contributed by atoms with Crippen LogP contribution in [0.15, 0.2) is 231 Å². The number of benzene rings is 9. The average molecular weight is 803 g/mol. The van der Waals surface area contributed by atoms with Gasteiger partial charge in [0.2, 0.25) is 0 Å². The first kappa shape index (κ1) is 35.3. The van der Waals surface area contributed by atoms with Gasteiger partial charge in [-0.05, 0) is 96.1 Å². The van der Waals surface area contributed by atoms with Crippen LogP contribution in [0.5, 0.6) is 0 Å². The number of aromatic nitrogens is 4. The number of fused-ring (bicyclic) bond motifs is 9. The van der Waals surface area contributed by atoms with Crippen LogP contribution >= 0.6 is 0 Å². The average Bonchev–Trinajstić information content (AvgIpc) is 3.99. The Morgan fingerprint density at radius 1 is 0.222 bits per heavy atom. The zero-order valence-corrected chi connectivity index (χ0v) is 34.2. The molecule has 13 rings (SSSR count). The first-order chi connectivity index (χ1) is 31.2. The highest BCUT2D eigenvalue weighted by atomic mass is 15.0. The van der Waals surface area contributed by atoms with Crippen molar-refractivity contribution >= 4 is 65.4 Å². The maximum absolute atomic E-state index is 5.22. The van der Waals surface area contributed by atoms with Gasteiger partial charge in [0.05, 0.1) is 44.5 Å². The summed E-state index contributed by atoms with van der Waals surface area (Å²) in [5, 5.41) is 7.37. The van der Waals surface area contributed by atoms with Crippen molar-refractivity contribution in [2.45, 2.75) is 0 Å². The molecule has 4 aromatic heterocycles. The third-order valence-corrected chi connectivity index (χ3v) is 12.8. The minimum absolute atomic E-state index is 0.946. The number of para-hydroxylation sites is 4. The number of rotatable bonds is 6.